The molecule has 0 unspecified atom stereocenters. The van der Waals surface area contributed by atoms with Crippen LogP contribution in [0.3, 0.4) is 0 Å². The fourth-order valence-corrected chi connectivity index (χ4v) is 2.68. The van der Waals surface area contributed by atoms with Crippen molar-refractivity contribution < 1.29 is 4.79 Å². The highest BCUT2D eigenvalue weighted by molar-refractivity contribution is 6.00. The molecule has 0 radical (unpaired) electrons. The Labute approximate surface area is 108 Å². The van der Waals surface area contributed by atoms with Crippen molar-refractivity contribution in [2.75, 3.05) is 11.4 Å². The highest BCUT2D eigenvalue weighted by atomic mass is 16.1. The summed E-state index contributed by atoms with van der Waals surface area (Å²) in [4.78, 5) is 14.0. The van der Waals surface area contributed by atoms with Gasteiger partial charge in [-0.15, -0.1) is 0 Å². The molecule has 1 fully saturated rings. The monoisotopic (exact) mass is 242 g/mol. The summed E-state index contributed by atoms with van der Waals surface area (Å²) in [6.45, 7) is 6.89. The molecule has 0 saturated carbocycles. The topological polar surface area (TPSA) is 44.1 Å². The Balaban J connectivity index is 2.54. The number of nitrogens with zero attached hydrogens (tertiary/aromatic N) is 2. The van der Waals surface area contributed by atoms with Crippen LogP contribution in [0.5, 0.6) is 0 Å². The van der Waals surface area contributed by atoms with E-state index in [1.54, 1.807) is 19.1 Å². The smallest absolute Gasteiger partial charge is 0.161 e. The first-order valence-corrected chi connectivity index (χ1v) is 6.28. The summed E-state index contributed by atoms with van der Waals surface area (Å²) in [6, 6.07) is 7.46. The summed E-state index contributed by atoms with van der Waals surface area (Å²) in [5, 5.41) is 9.01. The van der Waals surface area contributed by atoms with Gasteiger partial charge in [-0.05, 0) is 51.8 Å². The molecule has 1 saturated heterocycles. The fourth-order valence-electron chi connectivity index (χ4n) is 2.68. The van der Waals surface area contributed by atoms with Crippen molar-refractivity contribution in [2.45, 2.75) is 39.2 Å². The maximum absolute atomic E-state index is 11.7. The molecule has 0 N–H and O–H groups in total. The summed E-state index contributed by atoms with van der Waals surface area (Å²) in [6.07, 6.45) is 2.24. The molecule has 0 spiro atoms. The zero-order chi connectivity index (χ0) is 13.3. The van der Waals surface area contributed by atoms with Crippen molar-refractivity contribution in [2.24, 2.45) is 0 Å². The van der Waals surface area contributed by atoms with Crippen molar-refractivity contribution in [1.29, 1.82) is 5.26 Å². The first-order valence-electron chi connectivity index (χ1n) is 6.28. The molecule has 1 heterocycles. The van der Waals surface area contributed by atoms with Gasteiger partial charge in [0.2, 0.25) is 0 Å². The summed E-state index contributed by atoms with van der Waals surface area (Å²) in [5.74, 6) is 0.0530. The third-order valence-electron chi connectivity index (χ3n) is 3.70. The Kier molecular flexibility index (Phi) is 3.13. The molecule has 1 aliphatic rings. The molecular formula is C15H18N2O. The predicted molar refractivity (Wildman–Crippen MR) is 71.8 cm³/mol. The van der Waals surface area contributed by atoms with E-state index < -0.39 is 0 Å². The van der Waals surface area contributed by atoms with Crippen LogP contribution >= 0.6 is 0 Å². The third-order valence-corrected chi connectivity index (χ3v) is 3.70. The summed E-state index contributed by atoms with van der Waals surface area (Å²) >= 11 is 0. The van der Waals surface area contributed by atoms with E-state index in [0.29, 0.717) is 11.1 Å². The molecule has 94 valence electrons. The van der Waals surface area contributed by atoms with E-state index in [-0.39, 0.29) is 11.3 Å². The number of Topliss-reactive ketones (excluding diaryl/α,β-unsaturated/α-hetero) is 1. The Morgan fingerprint density at radius 3 is 2.67 bits per heavy atom. The van der Waals surface area contributed by atoms with E-state index in [4.69, 9.17) is 5.26 Å². The summed E-state index contributed by atoms with van der Waals surface area (Å²) in [7, 11) is 0. The first kappa shape index (κ1) is 12.6. The van der Waals surface area contributed by atoms with Gasteiger partial charge in [0, 0.05) is 23.3 Å². The van der Waals surface area contributed by atoms with Gasteiger partial charge < -0.3 is 4.90 Å². The number of carbonyl (C=O) groups is 1. The van der Waals surface area contributed by atoms with E-state index in [1.807, 2.05) is 6.07 Å². The molecule has 1 aliphatic heterocycles. The minimum absolute atomic E-state index is 0.0530. The van der Waals surface area contributed by atoms with Gasteiger partial charge in [0.1, 0.15) is 0 Å². The zero-order valence-corrected chi connectivity index (χ0v) is 11.2. The molecule has 18 heavy (non-hydrogen) atoms. The minimum Gasteiger partial charge on any atom is -0.366 e. The van der Waals surface area contributed by atoms with E-state index in [1.165, 1.54) is 0 Å². The normalized spacial score (nSPS) is 17.6. The third kappa shape index (κ3) is 2.11. The maximum Gasteiger partial charge on any atom is 0.161 e. The van der Waals surface area contributed by atoms with E-state index >= 15 is 0 Å². The highest BCUT2D eigenvalue weighted by Gasteiger charge is 2.33. The summed E-state index contributed by atoms with van der Waals surface area (Å²) < 4.78 is 0. The van der Waals surface area contributed by atoms with Crippen molar-refractivity contribution in [3.63, 3.8) is 0 Å². The Morgan fingerprint density at radius 2 is 2.17 bits per heavy atom. The minimum atomic E-state index is 0.0530. The SMILES string of the molecule is CC(=O)c1ccc(C#N)cc1N1CCCC1(C)C. The van der Waals surface area contributed by atoms with Gasteiger partial charge in [-0.3, -0.25) is 4.79 Å². The number of hydrogen-bond acceptors (Lipinski definition) is 3. The van der Waals surface area contributed by atoms with Crippen LogP contribution in [0.25, 0.3) is 0 Å². The molecule has 1 aromatic carbocycles. The number of carbonyl (C=O) groups excluding carboxylic acids is 1. The Bertz CT molecular complexity index is 526. The van der Waals surface area contributed by atoms with Crippen molar-refractivity contribution in [1.82, 2.24) is 0 Å². The average Bonchev–Trinajstić information content (AvgIpc) is 2.67. The zero-order valence-electron chi connectivity index (χ0n) is 11.2. The standard InChI is InChI=1S/C15H18N2O/c1-11(18)13-6-5-12(10-16)9-14(13)17-8-4-7-15(17,2)3/h5-6,9H,4,7-8H2,1-3H3. The van der Waals surface area contributed by atoms with E-state index in [2.05, 4.69) is 24.8 Å². The van der Waals surface area contributed by atoms with Gasteiger partial charge in [-0.25, -0.2) is 0 Å². The lowest BCUT2D eigenvalue weighted by Crippen LogP contribution is -2.39. The molecule has 0 aliphatic carbocycles. The number of nitriles is 1. The molecule has 0 bridgehead atoms. The number of hydrogen-bond donors (Lipinski definition) is 0. The second-order valence-corrected chi connectivity index (χ2v) is 5.47. The second kappa shape index (κ2) is 4.45. The van der Waals surface area contributed by atoms with Gasteiger partial charge in [-0.1, -0.05) is 0 Å². The van der Waals surface area contributed by atoms with Gasteiger partial charge in [-0.2, -0.15) is 5.26 Å². The largest absolute Gasteiger partial charge is 0.366 e. The van der Waals surface area contributed by atoms with Crippen molar-refractivity contribution in [3.05, 3.63) is 29.3 Å². The fraction of sp³-hybridized carbons (Fsp3) is 0.467. The van der Waals surface area contributed by atoms with Gasteiger partial charge in [0.15, 0.2) is 5.78 Å². The van der Waals surface area contributed by atoms with Crippen molar-refractivity contribution >= 4 is 11.5 Å². The Morgan fingerprint density at radius 1 is 1.44 bits per heavy atom. The van der Waals surface area contributed by atoms with Crippen molar-refractivity contribution in [3.8, 4) is 6.07 Å². The van der Waals surface area contributed by atoms with Crippen LogP contribution in [0.15, 0.2) is 18.2 Å². The van der Waals surface area contributed by atoms with Crippen LogP contribution in [0.2, 0.25) is 0 Å². The van der Waals surface area contributed by atoms with Crippen LogP contribution in [-0.2, 0) is 0 Å². The lowest BCUT2D eigenvalue weighted by Gasteiger charge is -2.35. The number of benzene rings is 1. The van der Waals surface area contributed by atoms with Crippen LogP contribution in [0.4, 0.5) is 5.69 Å². The number of anilines is 1. The first-order chi connectivity index (χ1) is 8.45. The average molecular weight is 242 g/mol. The quantitative estimate of drug-likeness (QED) is 0.748. The summed E-state index contributed by atoms with van der Waals surface area (Å²) in [5.41, 5.74) is 2.28. The molecule has 0 atom stereocenters. The lowest BCUT2D eigenvalue weighted by atomic mass is 9.99. The molecule has 0 amide bonds. The molecule has 3 heteroatoms. The number of rotatable bonds is 2. The second-order valence-electron chi connectivity index (χ2n) is 5.47. The van der Waals surface area contributed by atoms with Gasteiger partial charge in [0.25, 0.3) is 0 Å². The van der Waals surface area contributed by atoms with E-state index in [0.717, 1.165) is 25.1 Å². The molecule has 3 nitrogen and oxygen atoms in total. The lowest BCUT2D eigenvalue weighted by molar-refractivity contribution is 0.101. The molecule has 2 rings (SSSR count). The van der Waals surface area contributed by atoms with Gasteiger partial charge >= 0.3 is 0 Å². The van der Waals surface area contributed by atoms with Gasteiger partial charge in [0.05, 0.1) is 11.6 Å². The highest BCUT2D eigenvalue weighted by Crippen LogP contribution is 2.36. The Hall–Kier alpha value is -1.82. The molecule has 0 aromatic heterocycles. The van der Waals surface area contributed by atoms with Crippen LogP contribution < -0.4 is 4.90 Å². The van der Waals surface area contributed by atoms with Crippen LogP contribution in [-0.4, -0.2) is 17.9 Å². The van der Waals surface area contributed by atoms with E-state index in [9.17, 15) is 4.79 Å². The predicted octanol–water partition coefficient (Wildman–Crippen LogP) is 3.14. The van der Waals surface area contributed by atoms with Crippen LogP contribution in [0, 0.1) is 11.3 Å². The molecular weight excluding hydrogens is 224 g/mol. The molecule has 1 aromatic rings. The maximum atomic E-state index is 11.7. The van der Waals surface area contributed by atoms with Crippen LogP contribution in [0.1, 0.15) is 49.5 Å². The number of ketones is 1.